The Hall–Kier alpha value is -1.87. The highest BCUT2D eigenvalue weighted by molar-refractivity contribution is 7.91. The number of hydrogen-bond acceptors (Lipinski definition) is 4. The fraction of sp³-hybridized carbons (Fsp3) is 0.273. The zero-order valence-corrected chi connectivity index (χ0v) is 9.77. The molecule has 0 aromatic heterocycles. The quantitative estimate of drug-likeness (QED) is 0.801. The first-order valence-corrected chi connectivity index (χ1v) is 6.56. The summed E-state index contributed by atoms with van der Waals surface area (Å²) in [6.45, 7) is 0. The minimum atomic E-state index is -3.64. The largest absolute Gasteiger partial charge is 0.478 e. The van der Waals surface area contributed by atoms with E-state index < -0.39 is 15.8 Å². The number of unbranched alkanes of at least 4 members (excludes halogenated alkanes) is 1. The Kier molecular flexibility index (Phi) is 4.24. The Balaban J connectivity index is 3.07. The van der Waals surface area contributed by atoms with Gasteiger partial charge in [-0.1, -0.05) is 12.1 Å². The Bertz CT molecular complexity index is 557. The lowest BCUT2D eigenvalue weighted by Crippen LogP contribution is -2.12. The van der Waals surface area contributed by atoms with Crippen LogP contribution in [0.3, 0.4) is 0 Å². The van der Waals surface area contributed by atoms with Crippen LogP contribution in [-0.2, 0) is 9.84 Å². The predicted molar refractivity (Wildman–Crippen MR) is 60.3 cm³/mol. The molecular weight excluding hydrogens is 242 g/mol. The van der Waals surface area contributed by atoms with Crippen molar-refractivity contribution in [3.05, 3.63) is 29.8 Å². The first-order chi connectivity index (χ1) is 7.99. The molecule has 17 heavy (non-hydrogen) atoms. The Morgan fingerprint density at radius 1 is 1.35 bits per heavy atom. The maximum Gasteiger partial charge on any atom is 0.337 e. The summed E-state index contributed by atoms with van der Waals surface area (Å²) in [6, 6.07) is 7.31. The Morgan fingerprint density at radius 2 is 2.00 bits per heavy atom. The highest BCUT2D eigenvalue weighted by atomic mass is 32.2. The van der Waals surface area contributed by atoms with Gasteiger partial charge < -0.3 is 5.11 Å². The summed E-state index contributed by atoms with van der Waals surface area (Å²) >= 11 is 0. The molecule has 0 aliphatic carbocycles. The second-order valence-corrected chi connectivity index (χ2v) is 5.46. The molecule has 0 amide bonds. The molecule has 0 atom stereocenters. The van der Waals surface area contributed by atoms with Gasteiger partial charge in [0.1, 0.15) is 0 Å². The van der Waals surface area contributed by atoms with Crippen molar-refractivity contribution >= 4 is 15.8 Å². The second kappa shape index (κ2) is 5.46. The van der Waals surface area contributed by atoms with Gasteiger partial charge in [-0.15, -0.1) is 0 Å². The molecular formula is C11H11NO4S. The number of nitrogens with zero attached hydrogens (tertiary/aromatic N) is 1. The molecule has 0 saturated carbocycles. The summed E-state index contributed by atoms with van der Waals surface area (Å²) in [5, 5.41) is 17.2. The van der Waals surface area contributed by atoms with E-state index in [9.17, 15) is 13.2 Å². The smallest absolute Gasteiger partial charge is 0.337 e. The van der Waals surface area contributed by atoms with Crippen molar-refractivity contribution in [2.24, 2.45) is 0 Å². The highest BCUT2D eigenvalue weighted by Crippen LogP contribution is 2.18. The normalized spacial score (nSPS) is 10.8. The van der Waals surface area contributed by atoms with Crippen LogP contribution in [0.25, 0.3) is 0 Å². The molecule has 1 aromatic rings. The number of rotatable bonds is 5. The molecule has 0 radical (unpaired) electrons. The molecule has 90 valence electrons. The number of sulfone groups is 1. The minimum Gasteiger partial charge on any atom is -0.478 e. The summed E-state index contributed by atoms with van der Waals surface area (Å²) in [5.41, 5.74) is -0.232. The van der Waals surface area contributed by atoms with Gasteiger partial charge in [0.25, 0.3) is 0 Å². The molecule has 1 rings (SSSR count). The van der Waals surface area contributed by atoms with Gasteiger partial charge in [-0.3, -0.25) is 0 Å². The number of aromatic carboxylic acids is 1. The van der Waals surface area contributed by atoms with Gasteiger partial charge in [0.2, 0.25) is 0 Å². The number of carbonyl (C=O) groups is 1. The average molecular weight is 253 g/mol. The average Bonchev–Trinajstić information content (AvgIpc) is 2.29. The first-order valence-electron chi connectivity index (χ1n) is 4.91. The van der Waals surface area contributed by atoms with Gasteiger partial charge >= 0.3 is 5.97 Å². The lowest BCUT2D eigenvalue weighted by molar-refractivity contribution is 0.0692. The van der Waals surface area contributed by atoms with Gasteiger partial charge in [0.15, 0.2) is 9.84 Å². The van der Waals surface area contributed by atoms with Gasteiger partial charge in [-0.2, -0.15) is 5.26 Å². The number of carboxylic acids is 1. The molecule has 5 nitrogen and oxygen atoms in total. The van der Waals surface area contributed by atoms with E-state index in [0.29, 0.717) is 0 Å². The number of benzene rings is 1. The summed E-state index contributed by atoms with van der Waals surface area (Å²) in [6.07, 6.45) is 0.335. The van der Waals surface area contributed by atoms with Crippen LogP contribution in [0, 0.1) is 11.3 Å². The van der Waals surface area contributed by atoms with E-state index in [-0.39, 0.29) is 29.1 Å². The van der Waals surface area contributed by atoms with Gasteiger partial charge in [0.05, 0.1) is 22.3 Å². The van der Waals surface area contributed by atoms with Crippen molar-refractivity contribution in [3.63, 3.8) is 0 Å². The van der Waals surface area contributed by atoms with Gasteiger partial charge in [-0.25, -0.2) is 13.2 Å². The van der Waals surface area contributed by atoms with Gasteiger partial charge in [-0.05, 0) is 18.6 Å². The third kappa shape index (κ3) is 3.29. The molecule has 0 aliphatic heterocycles. The van der Waals surface area contributed by atoms with E-state index in [1.54, 1.807) is 0 Å². The maximum atomic E-state index is 11.9. The molecule has 0 heterocycles. The monoisotopic (exact) mass is 253 g/mol. The molecule has 1 aromatic carbocycles. The molecule has 0 unspecified atom stereocenters. The van der Waals surface area contributed by atoms with Crippen molar-refractivity contribution in [2.75, 3.05) is 5.75 Å². The fourth-order valence-electron chi connectivity index (χ4n) is 1.37. The SMILES string of the molecule is N#CCCCS(=O)(=O)c1ccccc1C(=O)O. The van der Waals surface area contributed by atoms with Crippen molar-refractivity contribution in [2.45, 2.75) is 17.7 Å². The molecule has 0 aliphatic rings. The summed E-state index contributed by atoms with van der Waals surface area (Å²) in [5.74, 6) is -1.49. The summed E-state index contributed by atoms with van der Waals surface area (Å²) in [4.78, 5) is 10.7. The highest BCUT2D eigenvalue weighted by Gasteiger charge is 2.21. The molecule has 0 fully saturated rings. The molecule has 0 spiro atoms. The van der Waals surface area contributed by atoms with Crippen molar-refractivity contribution in [1.82, 2.24) is 0 Å². The predicted octanol–water partition coefficient (Wildman–Crippen LogP) is 1.46. The molecule has 0 bridgehead atoms. The third-order valence-corrected chi connectivity index (χ3v) is 4.01. The van der Waals surface area contributed by atoms with Crippen LogP contribution in [0.15, 0.2) is 29.2 Å². The summed E-state index contributed by atoms with van der Waals surface area (Å²) < 4.78 is 23.7. The van der Waals surface area contributed by atoms with Crippen LogP contribution >= 0.6 is 0 Å². The van der Waals surface area contributed by atoms with E-state index in [1.807, 2.05) is 6.07 Å². The number of hydrogen-bond donors (Lipinski definition) is 1. The lowest BCUT2D eigenvalue weighted by Gasteiger charge is -2.06. The fourth-order valence-corrected chi connectivity index (χ4v) is 2.89. The maximum absolute atomic E-state index is 11.9. The minimum absolute atomic E-state index is 0.133. The molecule has 0 saturated heterocycles. The van der Waals surface area contributed by atoms with Gasteiger partial charge in [0, 0.05) is 6.42 Å². The van der Waals surface area contributed by atoms with Crippen LogP contribution < -0.4 is 0 Å². The first kappa shape index (κ1) is 13.2. The van der Waals surface area contributed by atoms with Crippen LogP contribution in [0.1, 0.15) is 23.2 Å². The second-order valence-electron chi connectivity index (χ2n) is 3.38. The molecule has 6 heteroatoms. The molecule has 1 N–H and O–H groups in total. The number of carboxylic acid groups (broad SMARTS) is 1. The lowest BCUT2D eigenvalue weighted by atomic mass is 10.2. The standard InChI is InChI=1S/C11H11NO4S/c12-7-3-4-8-17(15,16)10-6-2-1-5-9(10)11(13)14/h1-2,5-6H,3-4,8H2,(H,13,14). The van der Waals surface area contributed by atoms with E-state index in [0.717, 1.165) is 0 Å². The zero-order valence-electron chi connectivity index (χ0n) is 8.96. The Morgan fingerprint density at radius 3 is 2.59 bits per heavy atom. The van der Waals surface area contributed by atoms with E-state index >= 15 is 0 Å². The van der Waals surface area contributed by atoms with E-state index in [4.69, 9.17) is 10.4 Å². The number of nitriles is 1. The van der Waals surface area contributed by atoms with Crippen molar-refractivity contribution in [1.29, 1.82) is 5.26 Å². The van der Waals surface area contributed by atoms with Crippen LogP contribution in [0.5, 0.6) is 0 Å². The Labute approximate surface area is 99.2 Å². The van der Waals surface area contributed by atoms with E-state index in [1.165, 1.54) is 24.3 Å². The van der Waals surface area contributed by atoms with Crippen LogP contribution in [0.2, 0.25) is 0 Å². The van der Waals surface area contributed by atoms with Crippen LogP contribution in [-0.4, -0.2) is 25.2 Å². The van der Waals surface area contributed by atoms with Crippen LogP contribution in [0.4, 0.5) is 0 Å². The zero-order chi connectivity index (χ0) is 12.9. The summed E-state index contributed by atoms with van der Waals surface area (Å²) in [7, 11) is -3.64. The topological polar surface area (TPSA) is 95.2 Å². The van der Waals surface area contributed by atoms with E-state index in [2.05, 4.69) is 0 Å². The van der Waals surface area contributed by atoms with Crippen molar-refractivity contribution < 1.29 is 18.3 Å². The van der Waals surface area contributed by atoms with Crippen molar-refractivity contribution in [3.8, 4) is 6.07 Å². The third-order valence-electron chi connectivity index (χ3n) is 2.15.